The highest BCUT2D eigenvalue weighted by atomic mass is 16.5. The number of nitrogens with one attached hydrogen (secondary N) is 1. The van der Waals surface area contributed by atoms with Crippen LogP contribution in [0.15, 0.2) is 71.4 Å². The summed E-state index contributed by atoms with van der Waals surface area (Å²) in [7, 11) is 1.59. The number of carbonyl (C=O) groups excluding carboxylic acids is 2. The van der Waals surface area contributed by atoms with E-state index in [-0.39, 0.29) is 5.91 Å². The minimum atomic E-state index is -0.518. The average molecular weight is 455 g/mol. The Morgan fingerprint density at radius 3 is 2.38 bits per heavy atom. The molecule has 172 valence electrons. The molecule has 6 heteroatoms. The fraction of sp³-hybridized carbons (Fsp3) is 0.143. The van der Waals surface area contributed by atoms with Crippen LogP contribution >= 0.6 is 0 Å². The van der Waals surface area contributed by atoms with Crippen molar-refractivity contribution in [3.05, 3.63) is 89.2 Å². The lowest BCUT2D eigenvalue weighted by Crippen LogP contribution is -2.12. The number of anilines is 1. The standard InChI is InChI=1S/C28H26N2O4/c1-16-5-10-21(17(2)11-16)24-15-34-26-14-25(33-4)22(13-23(24)26)18(3)12-27(31)30-20-8-6-19(7-9-20)28(29)32/h5-15H,1-4H3,(H2,29,32)(H,30,31)/b18-12+. The smallest absolute Gasteiger partial charge is 0.248 e. The van der Waals surface area contributed by atoms with Gasteiger partial charge in [0.1, 0.15) is 11.3 Å². The Morgan fingerprint density at radius 2 is 1.74 bits per heavy atom. The number of aryl methyl sites for hydroxylation is 2. The quantitative estimate of drug-likeness (QED) is 0.357. The summed E-state index contributed by atoms with van der Waals surface area (Å²) < 4.78 is 11.4. The molecule has 4 aromatic rings. The first kappa shape index (κ1) is 22.9. The van der Waals surface area contributed by atoms with Gasteiger partial charge in [0.2, 0.25) is 11.8 Å². The fourth-order valence-corrected chi connectivity index (χ4v) is 4.03. The summed E-state index contributed by atoms with van der Waals surface area (Å²) in [6, 6.07) is 16.6. The van der Waals surface area contributed by atoms with Crippen LogP contribution in [-0.4, -0.2) is 18.9 Å². The van der Waals surface area contributed by atoms with E-state index in [1.807, 2.05) is 19.1 Å². The van der Waals surface area contributed by atoms with Gasteiger partial charge in [-0.2, -0.15) is 0 Å². The second kappa shape index (κ2) is 9.27. The van der Waals surface area contributed by atoms with Crippen LogP contribution in [0.5, 0.6) is 5.75 Å². The van der Waals surface area contributed by atoms with Gasteiger partial charge in [-0.05, 0) is 67.8 Å². The minimum Gasteiger partial charge on any atom is -0.496 e. The predicted molar refractivity (Wildman–Crippen MR) is 135 cm³/mol. The molecule has 3 aromatic carbocycles. The first-order valence-electron chi connectivity index (χ1n) is 10.8. The van der Waals surface area contributed by atoms with E-state index >= 15 is 0 Å². The fourth-order valence-electron chi connectivity index (χ4n) is 4.03. The Kier molecular flexibility index (Phi) is 6.23. The number of methoxy groups -OCH3 is 1. The van der Waals surface area contributed by atoms with Crippen LogP contribution in [0.2, 0.25) is 0 Å². The zero-order valence-electron chi connectivity index (χ0n) is 19.6. The number of nitrogens with two attached hydrogens (primary N) is 1. The highest BCUT2D eigenvalue weighted by Crippen LogP contribution is 2.38. The second-order valence-corrected chi connectivity index (χ2v) is 8.27. The van der Waals surface area contributed by atoms with Crippen molar-refractivity contribution >= 4 is 34.0 Å². The number of hydrogen-bond donors (Lipinski definition) is 2. The molecular weight excluding hydrogens is 428 g/mol. The van der Waals surface area contributed by atoms with Crippen molar-refractivity contribution in [2.45, 2.75) is 20.8 Å². The van der Waals surface area contributed by atoms with Crippen molar-refractivity contribution in [3.8, 4) is 16.9 Å². The number of fused-ring (bicyclic) bond motifs is 1. The molecule has 0 saturated carbocycles. The summed E-state index contributed by atoms with van der Waals surface area (Å²) in [6.45, 7) is 6.01. The van der Waals surface area contributed by atoms with Crippen LogP contribution in [0.3, 0.4) is 0 Å². The van der Waals surface area contributed by atoms with E-state index in [0.717, 1.165) is 33.2 Å². The molecule has 0 bridgehead atoms. The summed E-state index contributed by atoms with van der Waals surface area (Å²) in [5.74, 6) is -0.204. The number of furan rings is 1. The molecule has 0 fully saturated rings. The molecule has 0 aliphatic rings. The van der Waals surface area contributed by atoms with Gasteiger partial charge in [-0.3, -0.25) is 9.59 Å². The maximum atomic E-state index is 12.7. The molecule has 6 nitrogen and oxygen atoms in total. The SMILES string of the molecule is COc1cc2occ(-c3ccc(C)cc3C)c2cc1/C(C)=C/C(=O)Nc1ccc(C(N)=O)cc1. The third-order valence-electron chi connectivity index (χ3n) is 5.78. The van der Waals surface area contributed by atoms with Crippen LogP contribution in [0, 0.1) is 13.8 Å². The summed E-state index contributed by atoms with van der Waals surface area (Å²) in [6.07, 6.45) is 3.27. The number of benzene rings is 3. The molecule has 3 N–H and O–H groups in total. The molecule has 0 radical (unpaired) electrons. The number of primary amides is 1. The third-order valence-corrected chi connectivity index (χ3v) is 5.78. The van der Waals surface area contributed by atoms with Gasteiger partial charge in [-0.15, -0.1) is 0 Å². The van der Waals surface area contributed by atoms with E-state index in [4.69, 9.17) is 14.9 Å². The molecule has 34 heavy (non-hydrogen) atoms. The lowest BCUT2D eigenvalue weighted by molar-refractivity contribution is -0.111. The summed E-state index contributed by atoms with van der Waals surface area (Å²) in [4.78, 5) is 23.9. The maximum Gasteiger partial charge on any atom is 0.248 e. The van der Waals surface area contributed by atoms with Crippen molar-refractivity contribution in [1.82, 2.24) is 0 Å². The lowest BCUT2D eigenvalue weighted by Gasteiger charge is -2.11. The van der Waals surface area contributed by atoms with E-state index in [2.05, 4.69) is 37.4 Å². The van der Waals surface area contributed by atoms with Gasteiger partial charge in [0.05, 0.1) is 13.4 Å². The zero-order chi connectivity index (χ0) is 24.4. The minimum absolute atomic E-state index is 0.298. The van der Waals surface area contributed by atoms with E-state index in [9.17, 15) is 9.59 Å². The molecule has 1 aromatic heterocycles. The van der Waals surface area contributed by atoms with E-state index in [1.54, 1.807) is 37.6 Å². The zero-order valence-corrected chi connectivity index (χ0v) is 19.6. The van der Waals surface area contributed by atoms with Gasteiger partial charge >= 0.3 is 0 Å². The first-order valence-corrected chi connectivity index (χ1v) is 10.8. The van der Waals surface area contributed by atoms with Crippen LogP contribution in [0.25, 0.3) is 27.7 Å². The largest absolute Gasteiger partial charge is 0.496 e. The van der Waals surface area contributed by atoms with Gasteiger partial charge in [-0.25, -0.2) is 0 Å². The highest BCUT2D eigenvalue weighted by molar-refractivity contribution is 6.05. The number of carbonyl (C=O) groups is 2. The Balaban J connectivity index is 1.68. The topological polar surface area (TPSA) is 94.6 Å². The Hall–Kier alpha value is -4.32. The van der Waals surface area contributed by atoms with Crippen molar-refractivity contribution in [2.75, 3.05) is 12.4 Å². The average Bonchev–Trinajstić information content (AvgIpc) is 3.21. The van der Waals surface area contributed by atoms with Gasteiger partial charge in [0.15, 0.2) is 0 Å². The number of rotatable bonds is 6. The molecule has 2 amide bonds. The summed E-state index contributed by atoms with van der Waals surface area (Å²) in [5, 5.41) is 3.74. The van der Waals surface area contributed by atoms with Crippen LogP contribution in [0.4, 0.5) is 5.69 Å². The van der Waals surface area contributed by atoms with Crippen LogP contribution in [0.1, 0.15) is 34.0 Å². The molecule has 4 rings (SSSR count). The van der Waals surface area contributed by atoms with Crippen molar-refractivity contribution in [2.24, 2.45) is 5.73 Å². The van der Waals surface area contributed by atoms with Crippen molar-refractivity contribution in [1.29, 1.82) is 0 Å². The number of allylic oxidation sites excluding steroid dienone is 1. The van der Waals surface area contributed by atoms with Gasteiger partial charge in [0, 0.05) is 39.9 Å². The number of ether oxygens (including phenoxy) is 1. The normalized spacial score (nSPS) is 11.5. The van der Waals surface area contributed by atoms with Gasteiger partial charge < -0.3 is 20.2 Å². The number of hydrogen-bond acceptors (Lipinski definition) is 4. The Bertz CT molecular complexity index is 1430. The van der Waals surface area contributed by atoms with Gasteiger partial charge in [0.25, 0.3) is 0 Å². The summed E-state index contributed by atoms with van der Waals surface area (Å²) >= 11 is 0. The van der Waals surface area contributed by atoms with E-state index in [0.29, 0.717) is 22.6 Å². The van der Waals surface area contributed by atoms with Gasteiger partial charge in [-0.1, -0.05) is 23.8 Å². The monoisotopic (exact) mass is 454 g/mol. The third kappa shape index (κ3) is 4.57. The maximum absolute atomic E-state index is 12.7. The molecular formula is C28H26N2O4. The van der Waals surface area contributed by atoms with E-state index in [1.165, 1.54) is 11.6 Å². The van der Waals surface area contributed by atoms with Crippen molar-refractivity contribution < 1.29 is 18.7 Å². The van der Waals surface area contributed by atoms with Crippen molar-refractivity contribution in [3.63, 3.8) is 0 Å². The highest BCUT2D eigenvalue weighted by Gasteiger charge is 2.16. The molecule has 0 spiro atoms. The molecule has 0 aliphatic heterocycles. The predicted octanol–water partition coefficient (Wildman–Crippen LogP) is 5.87. The van der Waals surface area contributed by atoms with Crippen LogP contribution in [-0.2, 0) is 4.79 Å². The number of amides is 2. The van der Waals surface area contributed by atoms with Crippen LogP contribution < -0.4 is 15.8 Å². The molecule has 0 atom stereocenters. The molecule has 0 aliphatic carbocycles. The molecule has 0 saturated heterocycles. The summed E-state index contributed by atoms with van der Waals surface area (Å²) in [5.41, 5.74) is 12.9. The Labute approximate surface area is 198 Å². The second-order valence-electron chi connectivity index (χ2n) is 8.27. The molecule has 1 heterocycles. The van der Waals surface area contributed by atoms with E-state index < -0.39 is 5.91 Å². The first-order chi connectivity index (χ1) is 16.3. The Morgan fingerprint density at radius 1 is 1.00 bits per heavy atom. The lowest BCUT2D eigenvalue weighted by atomic mass is 9.96. The molecule has 0 unspecified atom stereocenters.